The molecule has 2 nitrogen and oxygen atoms in total. The van der Waals surface area contributed by atoms with Gasteiger partial charge in [0.2, 0.25) is 0 Å². The van der Waals surface area contributed by atoms with E-state index in [0.29, 0.717) is 6.04 Å². The topological polar surface area (TPSA) is 15.3 Å². The summed E-state index contributed by atoms with van der Waals surface area (Å²) >= 11 is 0. The quantitative estimate of drug-likeness (QED) is 0.803. The Morgan fingerprint density at radius 2 is 1.70 bits per heavy atom. The molecule has 0 radical (unpaired) electrons. The normalized spacial score (nSPS) is 12.4. The number of nitrogens with one attached hydrogen (secondary N) is 1. The van der Waals surface area contributed by atoms with Crippen molar-refractivity contribution in [3.63, 3.8) is 0 Å². The van der Waals surface area contributed by atoms with E-state index in [2.05, 4.69) is 76.1 Å². The lowest BCUT2D eigenvalue weighted by molar-refractivity contribution is 0.221. The summed E-state index contributed by atoms with van der Waals surface area (Å²) in [6, 6.07) is 9.64. The molecule has 0 bridgehead atoms. The molecule has 0 amide bonds. The van der Waals surface area contributed by atoms with Gasteiger partial charge in [0, 0.05) is 24.7 Å². The smallest absolute Gasteiger partial charge is 0.0233 e. The Kier molecular flexibility index (Phi) is 6.70. The van der Waals surface area contributed by atoms with E-state index in [1.54, 1.807) is 0 Å². The fourth-order valence-corrected chi connectivity index (χ4v) is 2.53. The van der Waals surface area contributed by atoms with E-state index in [-0.39, 0.29) is 5.54 Å². The zero-order valence-electron chi connectivity index (χ0n) is 14.2. The summed E-state index contributed by atoms with van der Waals surface area (Å²) < 4.78 is 0. The second-order valence-electron chi connectivity index (χ2n) is 6.81. The van der Waals surface area contributed by atoms with Gasteiger partial charge in [-0.05, 0) is 51.8 Å². The van der Waals surface area contributed by atoms with Gasteiger partial charge in [-0.3, -0.25) is 4.90 Å². The summed E-state index contributed by atoms with van der Waals surface area (Å²) in [4.78, 5) is 2.47. The largest absolute Gasteiger partial charge is 0.308 e. The molecule has 1 aromatic rings. The SMILES string of the molecule is CCC(CC)N(C)Cc1cccc(CNC(C)(C)C)c1. The van der Waals surface area contributed by atoms with Crippen molar-refractivity contribution in [3.05, 3.63) is 35.4 Å². The van der Waals surface area contributed by atoms with Crippen LogP contribution in [0, 0.1) is 0 Å². The van der Waals surface area contributed by atoms with Crippen molar-refractivity contribution in [3.8, 4) is 0 Å². The van der Waals surface area contributed by atoms with E-state index in [9.17, 15) is 0 Å². The highest BCUT2D eigenvalue weighted by atomic mass is 15.1. The molecule has 2 heteroatoms. The van der Waals surface area contributed by atoms with Crippen LogP contribution in [0.2, 0.25) is 0 Å². The van der Waals surface area contributed by atoms with Crippen LogP contribution in [0.3, 0.4) is 0 Å². The Labute approximate surface area is 125 Å². The van der Waals surface area contributed by atoms with Crippen LogP contribution in [0.4, 0.5) is 0 Å². The van der Waals surface area contributed by atoms with Gasteiger partial charge in [-0.15, -0.1) is 0 Å². The van der Waals surface area contributed by atoms with Crippen molar-refractivity contribution < 1.29 is 0 Å². The highest BCUT2D eigenvalue weighted by Crippen LogP contribution is 2.13. The number of rotatable bonds is 7. The van der Waals surface area contributed by atoms with Crippen LogP contribution in [0.25, 0.3) is 0 Å². The molecule has 0 unspecified atom stereocenters. The van der Waals surface area contributed by atoms with E-state index < -0.39 is 0 Å². The lowest BCUT2D eigenvalue weighted by atomic mass is 10.1. The Hall–Kier alpha value is -0.860. The molecule has 0 heterocycles. The zero-order chi connectivity index (χ0) is 15.2. The Morgan fingerprint density at radius 1 is 1.10 bits per heavy atom. The summed E-state index contributed by atoms with van der Waals surface area (Å²) in [5.74, 6) is 0. The molecule has 0 aliphatic carbocycles. The van der Waals surface area contributed by atoms with Crippen LogP contribution in [-0.4, -0.2) is 23.5 Å². The van der Waals surface area contributed by atoms with E-state index in [1.165, 1.54) is 24.0 Å². The predicted molar refractivity (Wildman–Crippen MR) is 88.9 cm³/mol. The lowest BCUT2D eigenvalue weighted by Gasteiger charge is -2.26. The van der Waals surface area contributed by atoms with Crippen LogP contribution < -0.4 is 5.32 Å². The van der Waals surface area contributed by atoms with Crippen LogP contribution in [-0.2, 0) is 13.1 Å². The molecule has 20 heavy (non-hydrogen) atoms. The van der Waals surface area contributed by atoms with Crippen LogP contribution in [0.1, 0.15) is 58.6 Å². The number of hydrogen-bond acceptors (Lipinski definition) is 2. The van der Waals surface area contributed by atoms with Gasteiger partial charge in [-0.2, -0.15) is 0 Å². The van der Waals surface area contributed by atoms with Crippen LogP contribution in [0.5, 0.6) is 0 Å². The number of hydrogen-bond donors (Lipinski definition) is 1. The maximum absolute atomic E-state index is 3.55. The maximum Gasteiger partial charge on any atom is 0.0233 e. The fourth-order valence-electron chi connectivity index (χ4n) is 2.53. The minimum Gasteiger partial charge on any atom is -0.308 e. The minimum atomic E-state index is 0.169. The third-order valence-corrected chi connectivity index (χ3v) is 3.81. The summed E-state index contributed by atoms with van der Waals surface area (Å²) in [6.45, 7) is 13.1. The highest BCUT2D eigenvalue weighted by molar-refractivity contribution is 5.23. The molecule has 1 aromatic carbocycles. The summed E-state index contributed by atoms with van der Waals surface area (Å²) in [5.41, 5.74) is 2.95. The molecule has 0 aromatic heterocycles. The van der Waals surface area contributed by atoms with Crippen molar-refractivity contribution in [2.45, 2.75) is 72.1 Å². The molecular weight excluding hydrogens is 244 g/mol. The van der Waals surface area contributed by atoms with Crippen molar-refractivity contribution in [1.29, 1.82) is 0 Å². The van der Waals surface area contributed by atoms with Crippen molar-refractivity contribution >= 4 is 0 Å². The first-order valence-corrected chi connectivity index (χ1v) is 7.88. The zero-order valence-corrected chi connectivity index (χ0v) is 14.2. The van der Waals surface area contributed by atoms with Gasteiger partial charge in [0.05, 0.1) is 0 Å². The standard InChI is InChI=1S/C18H32N2/c1-7-17(8-2)20(6)14-16-11-9-10-15(12-16)13-19-18(3,4)5/h9-12,17,19H,7-8,13-14H2,1-6H3. The first kappa shape index (κ1) is 17.2. The van der Waals surface area contributed by atoms with Crippen molar-refractivity contribution in [2.75, 3.05) is 7.05 Å². The molecule has 0 fully saturated rings. The average molecular weight is 276 g/mol. The molecule has 0 aliphatic rings. The summed E-state index contributed by atoms with van der Waals surface area (Å²) in [5, 5.41) is 3.55. The molecular formula is C18H32N2. The molecule has 1 N–H and O–H groups in total. The van der Waals surface area contributed by atoms with Gasteiger partial charge in [0.1, 0.15) is 0 Å². The Balaban J connectivity index is 2.63. The molecule has 0 aliphatic heterocycles. The van der Waals surface area contributed by atoms with Gasteiger partial charge in [0.25, 0.3) is 0 Å². The van der Waals surface area contributed by atoms with Gasteiger partial charge in [0.15, 0.2) is 0 Å². The van der Waals surface area contributed by atoms with E-state index in [1.807, 2.05) is 0 Å². The Bertz CT molecular complexity index is 389. The van der Waals surface area contributed by atoms with E-state index in [0.717, 1.165) is 13.1 Å². The van der Waals surface area contributed by atoms with Gasteiger partial charge in [-0.1, -0.05) is 38.1 Å². The van der Waals surface area contributed by atoms with Crippen molar-refractivity contribution in [2.24, 2.45) is 0 Å². The molecule has 0 saturated carbocycles. The van der Waals surface area contributed by atoms with Crippen molar-refractivity contribution in [1.82, 2.24) is 10.2 Å². The molecule has 0 atom stereocenters. The summed E-state index contributed by atoms with van der Waals surface area (Å²) in [7, 11) is 2.23. The third-order valence-electron chi connectivity index (χ3n) is 3.81. The van der Waals surface area contributed by atoms with Gasteiger partial charge >= 0.3 is 0 Å². The fraction of sp³-hybridized carbons (Fsp3) is 0.667. The highest BCUT2D eigenvalue weighted by Gasteiger charge is 2.11. The average Bonchev–Trinajstić information content (AvgIpc) is 2.37. The van der Waals surface area contributed by atoms with E-state index in [4.69, 9.17) is 0 Å². The monoisotopic (exact) mass is 276 g/mol. The van der Waals surface area contributed by atoms with Crippen LogP contribution in [0.15, 0.2) is 24.3 Å². The molecule has 0 spiro atoms. The second-order valence-corrected chi connectivity index (χ2v) is 6.81. The predicted octanol–water partition coefficient (Wildman–Crippen LogP) is 4.20. The van der Waals surface area contributed by atoms with Gasteiger partial charge in [-0.25, -0.2) is 0 Å². The first-order chi connectivity index (χ1) is 9.35. The minimum absolute atomic E-state index is 0.169. The second kappa shape index (κ2) is 7.80. The Morgan fingerprint density at radius 3 is 2.25 bits per heavy atom. The maximum atomic E-state index is 3.55. The molecule has 114 valence electrons. The van der Waals surface area contributed by atoms with E-state index >= 15 is 0 Å². The molecule has 0 saturated heterocycles. The summed E-state index contributed by atoms with van der Waals surface area (Å²) in [6.07, 6.45) is 2.44. The van der Waals surface area contributed by atoms with Crippen LogP contribution >= 0.6 is 0 Å². The molecule has 1 rings (SSSR count). The number of benzene rings is 1. The van der Waals surface area contributed by atoms with Gasteiger partial charge < -0.3 is 5.32 Å². The lowest BCUT2D eigenvalue weighted by Crippen LogP contribution is -2.35. The first-order valence-electron chi connectivity index (χ1n) is 7.88. The number of nitrogens with zero attached hydrogens (tertiary/aromatic N) is 1. The third kappa shape index (κ3) is 6.06.